The number of nitrogens with zero attached hydrogens (tertiary/aromatic N) is 1. The number of hydrogen-bond acceptors (Lipinski definition) is 4. The van der Waals surface area contributed by atoms with Crippen LogP contribution in [-0.4, -0.2) is 22.5 Å². The second-order valence-electron chi connectivity index (χ2n) is 4.70. The van der Waals surface area contributed by atoms with Crippen molar-refractivity contribution in [3.8, 4) is 5.75 Å². The van der Waals surface area contributed by atoms with E-state index in [1.54, 1.807) is 18.2 Å². The van der Waals surface area contributed by atoms with Gasteiger partial charge in [0.05, 0.1) is 18.4 Å². The van der Waals surface area contributed by atoms with Crippen LogP contribution in [0.4, 0.5) is 5.69 Å². The van der Waals surface area contributed by atoms with Gasteiger partial charge in [-0.1, -0.05) is 13.0 Å². The number of benzene rings is 1. The van der Waals surface area contributed by atoms with Gasteiger partial charge in [0.25, 0.3) is 5.91 Å². The third kappa shape index (κ3) is 4.49. The van der Waals surface area contributed by atoms with E-state index in [-0.39, 0.29) is 11.7 Å². The van der Waals surface area contributed by atoms with Gasteiger partial charge in [0, 0.05) is 17.8 Å². The van der Waals surface area contributed by atoms with Gasteiger partial charge in [0.1, 0.15) is 5.75 Å². The second-order valence-corrected chi connectivity index (χ2v) is 4.70. The van der Waals surface area contributed by atoms with Crippen LogP contribution in [0.5, 0.6) is 5.75 Å². The lowest BCUT2D eigenvalue weighted by molar-refractivity contribution is 0.0953. The molecular weight excluding hydrogens is 266 g/mol. The molecule has 0 radical (unpaired) electrons. The molecule has 2 aromatic rings. The van der Waals surface area contributed by atoms with Crippen LogP contribution in [0.1, 0.15) is 29.4 Å². The highest BCUT2D eigenvalue weighted by atomic mass is 16.3. The van der Waals surface area contributed by atoms with Crippen LogP contribution in [0.25, 0.3) is 0 Å². The molecule has 0 aliphatic carbocycles. The Kier molecular flexibility index (Phi) is 5.15. The molecule has 3 N–H and O–H groups in total. The van der Waals surface area contributed by atoms with Gasteiger partial charge in [-0.25, -0.2) is 0 Å². The molecule has 0 saturated carbocycles. The Morgan fingerprint density at radius 2 is 2.14 bits per heavy atom. The zero-order valence-electron chi connectivity index (χ0n) is 12.0. The Balaban J connectivity index is 1.97. The first-order valence-corrected chi connectivity index (χ1v) is 6.95. The summed E-state index contributed by atoms with van der Waals surface area (Å²) in [6.45, 7) is 3.22. The summed E-state index contributed by atoms with van der Waals surface area (Å²) in [4.78, 5) is 16.0. The number of carbonyl (C=O) groups is 1. The molecule has 1 aromatic heterocycles. The standard InChI is InChI=1S/C16H19N3O2/c1-2-8-17-16(21)12-4-3-5-13(9-12)18-10-14-6-7-15(20)11-19-14/h3-7,9,11,18,20H,2,8,10H2,1H3,(H,17,21). The van der Waals surface area contributed by atoms with Gasteiger partial charge < -0.3 is 15.7 Å². The Bertz CT molecular complexity index is 597. The summed E-state index contributed by atoms with van der Waals surface area (Å²) in [6, 6.07) is 10.7. The maximum absolute atomic E-state index is 11.9. The lowest BCUT2D eigenvalue weighted by atomic mass is 10.2. The number of pyridine rings is 1. The number of aromatic hydroxyl groups is 1. The van der Waals surface area contributed by atoms with Gasteiger partial charge in [-0.05, 0) is 36.8 Å². The normalized spacial score (nSPS) is 10.1. The van der Waals surface area contributed by atoms with E-state index < -0.39 is 0 Å². The van der Waals surface area contributed by atoms with Crippen molar-refractivity contribution >= 4 is 11.6 Å². The molecule has 21 heavy (non-hydrogen) atoms. The van der Waals surface area contributed by atoms with E-state index in [0.717, 1.165) is 17.8 Å². The predicted octanol–water partition coefficient (Wildman–Crippen LogP) is 2.54. The highest BCUT2D eigenvalue weighted by Gasteiger charge is 2.05. The minimum atomic E-state index is -0.0664. The van der Waals surface area contributed by atoms with Gasteiger partial charge in [0.2, 0.25) is 0 Å². The van der Waals surface area contributed by atoms with E-state index >= 15 is 0 Å². The van der Waals surface area contributed by atoms with Crippen LogP contribution in [0.3, 0.4) is 0 Å². The monoisotopic (exact) mass is 285 g/mol. The van der Waals surface area contributed by atoms with E-state index in [1.165, 1.54) is 6.20 Å². The van der Waals surface area contributed by atoms with E-state index in [4.69, 9.17) is 0 Å². The van der Waals surface area contributed by atoms with E-state index in [0.29, 0.717) is 18.7 Å². The van der Waals surface area contributed by atoms with Gasteiger partial charge >= 0.3 is 0 Å². The first kappa shape index (κ1) is 14.8. The minimum absolute atomic E-state index is 0.0664. The molecule has 0 saturated heterocycles. The Morgan fingerprint density at radius 3 is 2.86 bits per heavy atom. The summed E-state index contributed by atoms with van der Waals surface area (Å²) in [5.74, 6) is 0.0802. The van der Waals surface area contributed by atoms with Crippen molar-refractivity contribution in [1.29, 1.82) is 0 Å². The fourth-order valence-corrected chi connectivity index (χ4v) is 1.82. The molecule has 1 amide bonds. The summed E-state index contributed by atoms with van der Waals surface area (Å²) in [5.41, 5.74) is 2.30. The number of hydrogen-bond donors (Lipinski definition) is 3. The molecule has 2 rings (SSSR count). The first-order chi connectivity index (χ1) is 10.2. The number of aromatic nitrogens is 1. The van der Waals surface area contributed by atoms with Gasteiger partial charge in [-0.3, -0.25) is 9.78 Å². The van der Waals surface area contributed by atoms with Crippen molar-refractivity contribution in [2.45, 2.75) is 19.9 Å². The summed E-state index contributed by atoms with van der Waals surface area (Å²) in [7, 11) is 0. The van der Waals surface area contributed by atoms with Crippen LogP contribution in [-0.2, 0) is 6.54 Å². The highest BCUT2D eigenvalue weighted by Crippen LogP contribution is 2.13. The van der Waals surface area contributed by atoms with Crippen molar-refractivity contribution in [2.75, 3.05) is 11.9 Å². The molecule has 0 aliphatic heterocycles. The van der Waals surface area contributed by atoms with Crippen LogP contribution >= 0.6 is 0 Å². The molecule has 0 fully saturated rings. The SMILES string of the molecule is CCCNC(=O)c1cccc(NCc2ccc(O)cn2)c1. The maximum atomic E-state index is 11.9. The molecule has 1 aromatic carbocycles. The molecule has 0 unspecified atom stereocenters. The number of anilines is 1. The molecule has 1 heterocycles. The quantitative estimate of drug-likeness (QED) is 0.762. The molecule has 0 aliphatic rings. The second kappa shape index (κ2) is 7.28. The fraction of sp³-hybridized carbons (Fsp3) is 0.250. The Labute approximate surface area is 124 Å². The van der Waals surface area contributed by atoms with Crippen LogP contribution in [0.15, 0.2) is 42.6 Å². The lowest BCUT2D eigenvalue weighted by Gasteiger charge is -2.08. The van der Waals surface area contributed by atoms with Gasteiger partial charge in [-0.15, -0.1) is 0 Å². The molecule has 0 atom stereocenters. The maximum Gasteiger partial charge on any atom is 0.251 e. The van der Waals surface area contributed by atoms with E-state index in [2.05, 4.69) is 15.6 Å². The summed E-state index contributed by atoms with van der Waals surface area (Å²) < 4.78 is 0. The summed E-state index contributed by atoms with van der Waals surface area (Å²) >= 11 is 0. The molecule has 0 spiro atoms. The van der Waals surface area contributed by atoms with Crippen LogP contribution in [0, 0.1) is 0 Å². The Hall–Kier alpha value is -2.56. The largest absolute Gasteiger partial charge is 0.506 e. The number of amides is 1. The van der Waals surface area contributed by atoms with Gasteiger partial charge in [0.15, 0.2) is 0 Å². The first-order valence-electron chi connectivity index (χ1n) is 6.95. The molecular formula is C16H19N3O2. The predicted molar refractivity (Wildman–Crippen MR) is 82.3 cm³/mol. The van der Waals surface area contributed by atoms with Crippen molar-refractivity contribution in [3.63, 3.8) is 0 Å². The Morgan fingerprint density at radius 1 is 1.29 bits per heavy atom. The number of rotatable bonds is 6. The van der Waals surface area contributed by atoms with Crippen LogP contribution in [0.2, 0.25) is 0 Å². The van der Waals surface area contributed by atoms with E-state index in [9.17, 15) is 9.90 Å². The smallest absolute Gasteiger partial charge is 0.251 e. The van der Waals surface area contributed by atoms with Crippen molar-refractivity contribution in [1.82, 2.24) is 10.3 Å². The lowest BCUT2D eigenvalue weighted by Crippen LogP contribution is -2.23. The molecule has 0 bridgehead atoms. The average Bonchev–Trinajstić information content (AvgIpc) is 2.52. The van der Waals surface area contributed by atoms with Crippen molar-refractivity contribution in [2.24, 2.45) is 0 Å². The minimum Gasteiger partial charge on any atom is -0.506 e. The van der Waals surface area contributed by atoms with Crippen molar-refractivity contribution < 1.29 is 9.90 Å². The fourth-order valence-electron chi connectivity index (χ4n) is 1.82. The number of nitrogens with one attached hydrogen (secondary N) is 2. The molecule has 110 valence electrons. The van der Waals surface area contributed by atoms with E-state index in [1.807, 2.05) is 25.1 Å². The zero-order valence-corrected chi connectivity index (χ0v) is 12.0. The van der Waals surface area contributed by atoms with Crippen molar-refractivity contribution in [3.05, 3.63) is 53.9 Å². The third-order valence-electron chi connectivity index (χ3n) is 2.94. The zero-order chi connectivity index (χ0) is 15.1. The summed E-state index contributed by atoms with van der Waals surface area (Å²) in [5, 5.41) is 15.2. The van der Waals surface area contributed by atoms with Gasteiger partial charge in [-0.2, -0.15) is 0 Å². The third-order valence-corrected chi connectivity index (χ3v) is 2.94. The molecule has 5 heteroatoms. The van der Waals surface area contributed by atoms with Crippen LogP contribution < -0.4 is 10.6 Å². The topological polar surface area (TPSA) is 74.2 Å². The highest BCUT2D eigenvalue weighted by molar-refractivity contribution is 5.95. The number of carbonyl (C=O) groups excluding carboxylic acids is 1. The summed E-state index contributed by atoms with van der Waals surface area (Å²) in [6.07, 6.45) is 2.32. The average molecular weight is 285 g/mol. The molecule has 5 nitrogen and oxygen atoms in total.